The van der Waals surface area contributed by atoms with E-state index in [1.807, 2.05) is 77.9 Å². The van der Waals surface area contributed by atoms with Crippen molar-refractivity contribution in [2.75, 3.05) is 27.8 Å². The standard InChI is InChI=1S/C36H51N3O7/c1-10-23(6)33(29(45-9)19-30(40)41)38(7)35(43)31(21(2)3)37-34(42)32(22(4)5)39(8)36(44)46-20-28-26-17-13-11-15-24(26)25-16-12-14-18-27(25)28/h11-18,21-23,28-29,31-33H,10,19-20H2,1-9H3,(H,37,42)(H,40,41)/t23-,29-,31-,32-,33-/m0/s1. The Morgan fingerprint density at radius 2 is 1.41 bits per heavy atom. The van der Waals surface area contributed by atoms with Crippen LogP contribution in [0, 0.1) is 17.8 Å². The highest BCUT2D eigenvalue weighted by Crippen LogP contribution is 2.44. The predicted octanol–water partition coefficient (Wildman–Crippen LogP) is 5.40. The number of aliphatic carboxylic acids is 1. The van der Waals surface area contributed by atoms with Crippen molar-refractivity contribution in [1.82, 2.24) is 15.1 Å². The number of nitrogens with one attached hydrogen (secondary N) is 1. The van der Waals surface area contributed by atoms with Crippen molar-refractivity contribution < 1.29 is 33.8 Å². The van der Waals surface area contributed by atoms with Gasteiger partial charge in [0.15, 0.2) is 0 Å². The van der Waals surface area contributed by atoms with Gasteiger partial charge in [0.25, 0.3) is 0 Å². The van der Waals surface area contributed by atoms with Crippen LogP contribution in [0.25, 0.3) is 11.1 Å². The van der Waals surface area contributed by atoms with Gasteiger partial charge in [-0.3, -0.25) is 19.3 Å². The molecule has 0 aromatic heterocycles. The fraction of sp³-hybridized carbons (Fsp3) is 0.556. The third-order valence-electron chi connectivity index (χ3n) is 9.25. The van der Waals surface area contributed by atoms with Gasteiger partial charge in [0.05, 0.1) is 18.6 Å². The Hall–Kier alpha value is -3.92. The Bertz CT molecular complexity index is 1330. The number of benzene rings is 2. The van der Waals surface area contributed by atoms with Crippen LogP contribution in [0.5, 0.6) is 0 Å². The number of hydrogen-bond acceptors (Lipinski definition) is 6. The first kappa shape index (κ1) is 36.5. The van der Waals surface area contributed by atoms with Crippen molar-refractivity contribution in [3.63, 3.8) is 0 Å². The molecule has 0 unspecified atom stereocenters. The quantitative estimate of drug-likeness (QED) is 0.268. The molecule has 0 heterocycles. The fourth-order valence-corrected chi connectivity index (χ4v) is 6.61. The topological polar surface area (TPSA) is 125 Å². The average Bonchev–Trinajstić information content (AvgIpc) is 3.34. The summed E-state index contributed by atoms with van der Waals surface area (Å²) in [5, 5.41) is 12.4. The van der Waals surface area contributed by atoms with Gasteiger partial charge in [0, 0.05) is 27.1 Å². The van der Waals surface area contributed by atoms with E-state index in [1.54, 1.807) is 7.05 Å². The maximum absolute atomic E-state index is 13.9. The molecule has 0 radical (unpaired) electrons. The first-order valence-electron chi connectivity index (χ1n) is 16.1. The molecule has 46 heavy (non-hydrogen) atoms. The van der Waals surface area contributed by atoms with Crippen molar-refractivity contribution in [3.8, 4) is 11.1 Å². The van der Waals surface area contributed by atoms with Gasteiger partial charge in [-0.05, 0) is 40.0 Å². The first-order valence-corrected chi connectivity index (χ1v) is 16.1. The van der Waals surface area contributed by atoms with Crippen LogP contribution in [-0.4, -0.2) is 90.8 Å². The SMILES string of the molecule is CC[C@H](C)[C@@H]([C@H](CC(=O)O)OC)N(C)C(=O)[C@@H](NC(=O)[C@H](C(C)C)N(C)C(=O)OCC1c2ccccc2-c2ccccc21)C(C)C. The number of hydrogen-bond donors (Lipinski definition) is 2. The highest BCUT2D eigenvalue weighted by Gasteiger charge is 2.40. The molecule has 0 spiro atoms. The number of carbonyl (C=O) groups excluding carboxylic acids is 3. The minimum Gasteiger partial charge on any atom is -0.481 e. The molecule has 3 amide bonds. The van der Waals surface area contributed by atoms with Crippen LogP contribution in [0.4, 0.5) is 4.79 Å². The highest BCUT2D eigenvalue weighted by atomic mass is 16.6. The van der Waals surface area contributed by atoms with Crippen molar-refractivity contribution in [3.05, 3.63) is 59.7 Å². The lowest BCUT2D eigenvalue weighted by Crippen LogP contribution is -2.60. The Morgan fingerprint density at radius 1 is 0.870 bits per heavy atom. The predicted molar refractivity (Wildman–Crippen MR) is 177 cm³/mol. The fourth-order valence-electron chi connectivity index (χ4n) is 6.61. The van der Waals surface area contributed by atoms with E-state index < -0.39 is 42.2 Å². The summed E-state index contributed by atoms with van der Waals surface area (Å²) in [5.41, 5.74) is 4.43. The molecule has 0 saturated heterocycles. The lowest BCUT2D eigenvalue weighted by Gasteiger charge is -2.40. The van der Waals surface area contributed by atoms with Gasteiger partial charge in [0.2, 0.25) is 11.8 Å². The minimum atomic E-state index is -1.02. The second-order valence-electron chi connectivity index (χ2n) is 13.0. The van der Waals surface area contributed by atoms with E-state index in [9.17, 15) is 24.3 Å². The molecule has 5 atom stereocenters. The lowest BCUT2D eigenvalue weighted by molar-refractivity contribution is -0.148. The maximum atomic E-state index is 13.9. The lowest BCUT2D eigenvalue weighted by atomic mass is 9.90. The Labute approximate surface area is 273 Å². The van der Waals surface area contributed by atoms with Gasteiger partial charge in [-0.25, -0.2) is 4.79 Å². The van der Waals surface area contributed by atoms with Gasteiger partial charge in [-0.2, -0.15) is 0 Å². The molecule has 0 bridgehead atoms. The molecule has 2 aromatic rings. The van der Waals surface area contributed by atoms with E-state index in [1.165, 1.54) is 24.0 Å². The Morgan fingerprint density at radius 3 is 1.87 bits per heavy atom. The number of nitrogens with zero attached hydrogens (tertiary/aromatic N) is 2. The third kappa shape index (κ3) is 8.07. The summed E-state index contributed by atoms with van der Waals surface area (Å²) in [6.07, 6.45) is -0.926. The Balaban J connectivity index is 1.76. The molecule has 252 valence electrons. The minimum absolute atomic E-state index is 0.0649. The van der Waals surface area contributed by atoms with Crippen LogP contribution >= 0.6 is 0 Å². The van der Waals surface area contributed by atoms with Gasteiger partial charge in [0.1, 0.15) is 18.7 Å². The van der Waals surface area contributed by atoms with Crippen LogP contribution in [0.15, 0.2) is 48.5 Å². The van der Waals surface area contributed by atoms with Crippen LogP contribution in [0.3, 0.4) is 0 Å². The zero-order chi connectivity index (χ0) is 34.3. The summed E-state index contributed by atoms with van der Waals surface area (Å²) in [7, 11) is 4.60. The first-order chi connectivity index (χ1) is 21.7. The molecule has 1 aliphatic carbocycles. The zero-order valence-corrected chi connectivity index (χ0v) is 28.7. The summed E-state index contributed by atoms with van der Waals surface area (Å²) in [4.78, 5) is 55.6. The molecule has 0 saturated carbocycles. The molecular formula is C36H51N3O7. The molecule has 10 nitrogen and oxygen atoms in total. The molecule has 10 heteroatoms. The summed E-state index contributed by atoms with van der Waals surface area (Å²) in [5.74, 6) is -2.61. The summed E-state index contributed by atoms with van der Waals surface area (Å²) in [6.45, 7) is 11.4. The molecule has 1 aliphatic rings. The smallest absolute Gasteiger partial charge is 0.410 e. The number of carboxylic acids is 1. The van der Waals surface area contributed by atoms with Gasteiger partial charge < -0.3 is 24.8 Å². The van der Waals surface area contributed by atoms with Crippen LogP contribution in [0.2, 0.25) is 0 Å². The van der Waals surface area contributed by atoms with Gasteiger partial charge in [-0.15, -0.1) is 0 Å². The third-order valence-corrected chi connectivity index (χ3v) is 9.25. The number of amides is 3. The zero-order valence-electron chi connectivity index (χ0n) is 28.7. The number of rotatable bonds is 15. The Kier molecular flexibility index (Phi) is 12.8. The van der Waals surface area contributed by atoms with Crippen LogP contribution in [0.1, 0.15) is 71.4 Å². The second-order valence-corrected chi connectivity index (χ2v) is 13.0. The van der Waals surface area contributed by atoms with Crippen LogP contribution < -0.4 is 5.32 Å². The van der Waals surface area contributed by atoms with E-state index in [4.69, 9.17) is 9.47 Å². The summed E-state index contributed by atoms with van der Waals surface area (Å²) in [6, 6.07) is 13.8. The number of fused-ring (bicyclic) bond motifs is 3. The van der Waals surface area contributed by atoms with Crippen molar-refractivity contribution in [1.29, 1.82) is 0 Å². The number of methoxy groups -OCH3 is 1. The maximum Gasteiger partial charge on any atom is 0.410 e. The van der Waals surface area contributed by atoms with Gasteiger partial charge in [-0.1, -0.05) is 96.5 Å². The van der Waals surface area contributed by atoms with Crippen LogP contribution in [-0.2, 0) is 23.9 Å². The van der Waals surface area contributed by atoms with E-state index in [2.05, 4.69) is 17.4 Å². The normalized spacial score (nSPS) is 15.7. The number of carbonyl (C=O) groups is 4. The average molecular weight is 638 g/mol. The second kappa shape index (κ2) is 16.1. The summed E-state index contributed by atoms with van der Waals surface area (Å²) < 4.78 is 11.4. The number of likely N-dealkylation sites (N-methyl/N-ethyl adjacent to an activating group) is 2. The highest BCUT2D eigenvalue weighted by molar-refractivity contribution is 5.91. The summed E-state index contributed by atoms with van der Waals surface area (Å²) >= 11 is 0. The van der Waals surface area contributed by atoms with E-state index in [0.29, 0.717) is 6.42 Å². The van der Waals surface area contributed by atoms with Crippen molar-refractivity contribution in [2.24, 2.45) is 17.8 Å². The molecule has 0 fully saturated rings. The molecule has 0 aliphatic heterocycles. The van der Waals surface area contributed by atoms with E-state index >= 15 is 0 Å². The van der Waals surface area contributed by atoms with Gasteiger partial charge >= 0.3 is 12.1 Å². The molecule has 2 aromatic carbocycles. The monoisotopic (exact) mass is 637 g/mol. The van der Waals surface area contributed by atoms with Crippen molar-refractivity contribution >= 4 is 23.9 Å². The molecular weight excluding hydrogens is 586 g/mol. The number of carboxylic acid groups (broad SMARTS) is 1. The van der Waals surface area contributed by atoms with E-state index in [0.717, 1.165) is 22.3 Å². The molecule has 2 N–H and O–H groups in total. The number of ether oxygens (including phenoxy) is 2. The molecule has 3 rings (SSSR count). The van der Waals surface area contributed by atoms with Crippen molar-refractivity contribution in [2.45, 2.75) is 84.5 Å². The largest absolute Gasteiger partial charge is 0.481 e. The van der Waals surface area contributed by atoms with E-state index in [-0.39, 0.29) is 42.6 Å².